The maximum atomic E-state index is 3.32. The molecule has 0 saturated heterocycles. The lowest BCUT2D eigenvalue weighted by Crippen LogP contribution is -1.90. The second-order valence-electron chi connectivity index (χ2n) is 3.56. The molecule has 6 heteroatoms. The highest BCUT2D eigenvalue weighted by Crippen LogP contribution is 2.29. The predicted molar refractivity (Wildman–Crippen MR) is 92.5 cm³/mol. The molecule has 0 unspecified atom stereocenters. The van der Waals surface area contributed by atoms with Crippen LogP contribution in [0.1, 0.15) is 0 Å². The minimum absolute atomic E-state index is 1.04. The quantitative estimate of drug-likeness (QED) is 0.464. The first-order valence-corrected chi connectivity index (χ1v) is 7.85. The van der Waals surface area contributed by atoms with Crippen LogP contribution in [0.5, 0.6) is 0 Å². The molecule has 0 heterocycles. The molecule has 2 aromatic rings. The van der Waals surface area contributed by atoms with Gasteiger partial charge in [0.2, 0.25) is 0 Å². The van der Waals surface area contributed by atoms with Crippen molar-refractivity contribution in [3.05, 3.63) is 48.5 Å². The zero-order valence-electron chi connectivity index (χ0n) is 9.03. The van der Waals surface area contributed by atoms with Gasteiger partial charge in [-0.2, -0.15) is 0 Å². The summed E-state index contributed by atoms with van der Waals surface area (Å²) in [7, 11) is 0. The fraction of sp³-hybridized carbons (Fsp3) is 0. The van der Waals surface area contributed by atoms with Crippen LogP contribution in [0.3, 0.4) is 0 Å². The fourth-order valence-corrected chi connectivity index (χ4v) is 2.48. The van der Waals surface area contributed by atoms with E-state index in [4.69, 9.17) is 0 Å². The average molecular weight is 500 g/mol. The van der Waals surface area contributed by atoms with E-state index in [-0.39, 0.29) is 0 Å². The van der Waals surface area contributed by atoms with Crippen molar-refractivity contribution in [2.45, 2.75) is 0 Å². The van der Waals surface area contributed by atoms with Gasteiger partial charge in [-0.3, -0.25) is 0 Å². The van der Waals surface area contributed by atoms with E-state index in [0.29, 0.717) is 0 Å². The predicted octanol–water partition coefficient (Wildman–Crippen LogP) is 6.21. The van der Waals surface area contributed by atoms with Crippen LogP contribution in [0, 0.1) is 0 Å². The number of benzene rings is 2. The van der Waals surface area contributed by atoms with Crippen LogP contribution in [-0.2, 0) is 0 Å². The Morgan fingerprint density at radius 3 is 1.00 bits per heavy atom. The summed E-state index contributed by atoms with van der Waals surface area (Å²) in [6.45, 7) is 0. The number of rotatable bonds is 3. The van der Waals surface area contributed by atoms with Crippen molar-refractivity contribution in [1.82, 2.24) is 0 Å². The van der Waals surface area contributed by atoms with E-state index in [1.165, 1.54) is 11.1 Å². The van der Waals surface area contributed by atoms with Gasteiger partial charge in [-0.05, 0) is 35.4 Å². The van der Waals surface area contributed by atoms with E-state index < -0.39 is 0 Å². The van der Waals surface area contributed by atoms with Crippen molar-refractivity contribution in [3.8, 4) is 11.1 Å². The minimum Gasteiger partial charge on any atom is -0.243 e. The van der Waals surface area contributed by atoms with Crippen molar-refractivity contribution in [2.24, 2.45) is 0 Å². The zero-order chi connectivity index (χ0) is 13.1. The lowest BCUT2D eigenvalue weighted by atomic mass is 10.1. The highest BCUT2D eigenvalue weighted by atomic mass is 79.9. The molecule has 0 spiro atoms. The minimum atomic E-state index is 1.04. The normalized spacial score (nSPS) is 10.2. The van der Waals surface area contributed by atoms with Crippen molar-refractivity contribution in [2.75, 3.05) is 5.90 Å². The van der Waals surface area contributed by atoms with Crippen molar-refractivity contribution in [1.29, 1.82) is 0 Å². The van der Waals surface area contributed by atoms with Crippen LogP contribution >= 0.6 is 64.6 Å². The lowest BCUT2D eigenvalue weighted by Gasteiger charge is -2.10. The third kappa shape index (κ3) is 3.50. The van der Waals surface area contributed by atoms with Crippen LogP contribution in [0.25, 0.3) is 11.1 Å². The van der Waals surface area contributed by atoms with Crippen LogP contribution in [0.4, 0.5) is 11.4 Å². The molecule has 94 valence electrons. The van der Waals surface area contributed by atoms with Crippen molar-refractivity contribution >= 4 is 76.0 Å². The molecular weight excluding hydrogens is 492 g/mol. The van der Waals surface area contributed by atoms with Gasteiger partial charge in [-0.25, -0.2) is 5.90 Å². The molecule has 0 bridgehead atoms. The van der Waals surface area contributed by atoms with E-state index >= 15 is 0 Å². The summed E-state index contributed by atoms with van der Waals surface area (Å²) in [5.74, 6) is 0. The zero-order valence-corrected chi connectivity index (χ0v) is 15.4. The molecule has 0 radical (unpaired) electrons. The van der Waals surface area contributed by atoms with Gasteiger partial charge in [0.25, 0.3) is 0 Å². The highest BCUT2D eigenvalue weighted by Gasteiger charge is 2.02. The summed E-state index contributed by atoms with van der Waals surface area (Å²) >= 11 is 13.3. The average Bonchev–Trinajstić information content (AvgIpc) is 2.39. The van der Waals surface area contributed by atoms with Gasteiger partial charge in [0, 0.05) is 0 Å². The van der Waals surface area contributed by atoms with Gasteiger partial charge in [-0.1, -0.05) is 24.3 Å². The summed E-state index contributed by atoms with van der Waals surface area (Å²) in [5.41, 5.74) is 4.45. The SMILES string of the molecule is BrN(Br)c1ccc(-c2ccc(N(Br)Br)cc2)cc1. The molecule has 0 aliphatic rings. The Balaban J connectivity index is 2.25. The third-order valence-corrected chi connectivity index (χ3v) is 4.10. The highest BCUT2D eigenvalue weighted by molar-refractivity contribution is 9.25. The molecule has 0 aliphatic carbocycles. The van der Waals surface area contributed by atoms with Gasteiger partial charge in [0.15, 0.2) is 0 Å². The number of anilines is 2. The summed E-state index contributed by atoms with van der Waals surface area (Å²) in [5, 5.41) is 0. The first-order valence-electron chi connectivity index (χ1n) is 5.02. The molecule has 2 nitrogen and oxygen atoms in total. The second kappa shape index (κ2) is 6.41. The monoisotopic (exact) mass is 496 g/mol. The molecule has 0 fully saturated rings. The number of hydrogen-bond acceptors (Lipinski definition) is 2. The Bertz CT molecular complexity index is 459. The molecular formula is C12H8Br4N2. The van der Waals surface area contributed by atoms with Gasteiger partial charge in [0.1, 0.15) is 0 Å². The van der Waals surface area contributed by atoms with Crippen LogP contribution in [-0.4, -0.2) is 0 Å². The topological polar surface area (TPSA) is 6.48 Å². The number of hydrogen-bond donors (Lipinski definition) is 0. The molecule has 0 aromatic heterocycles. The fourth-order valence-electron chi connectivity index (χ4n) is 1.53. The van der Waals surface area contributed by atoms with Crippen LogP contribution in [0.15, 0.2) is 48.5 Å². The van der Waals surface area contributed by atoms with Crippen LogP contribution in [0.2, 0.25) is 0 Å². The van der Waals surface area contributed by atoms with E-state index in [2.05, 4.69) is 88.9 Å². The summed E-state index contributed by atoms with van der Waals surface area (Å²) in [6.07, 6.45) is 0. The Kier molecular flexibility index (Phi) is 5.12. The molecule has 0 aliphatic heterocycles. The summed E-state index contributed by atoms with van der Waals surface area (Å²) in [4.78, 5) is 0. The summed E-state index contributed by atoms with van der Waals surface area (Å²) in [6, 6.07) is 16.5. The Morgan fingerprint density at radius 2 is 0.778 bits per heavy atom. The van der Waals surface area contributed by atoms with Gasteiger partial charge in [0.05, 0.1) is 76.0 Å². The Morgan fingerprint density at radius 1 is 0.500 bits per heavy atom. The number of nitrogens with zero attached hydrogens (tertiary/aromatic N) is 2. The first-order chi connectivity index (χ1) is 8.58. The van der Waals surface area contributed by atoms with Gasteiger partial charge < -0.3 is 0 Å². The summed E-state index contributed by atoms with van der Waals surface area (Å²) < 4.78 is 3.45. The lowest BCUT2D eigenvalue weighted by molar-refractivity contribution is 1.58. The molecule has 2 aromatic carbocycles. The van der Waals surface area contributed by atoms with Gasteiger partial charge >= 0.3 is 0 Å². The van der Waals surface area contributed by atoms with Crippen molar-refractivity contribution < 1.29 is 0 Å². The molecule has 0 saturated carbocycles. The molecule has 0 N–H and O–H groups in total. The van der Waals surface area contributed by atoms with Crippen LogP contribution < -0.4 is 5.90 Å². The largest absolute Gasteiger partial charge is 0.243 e. The third-order valence-electron chi connectivity index (χ3n) is 2.46. The van der Waals surface area contributed by atoms with E-state index in [1.54, 1.807) is 5.90 Å². The van der Waals surface area contributed by atoms with E-state index in [1.807, 2.05) is 24.3 Å². The second-order valence-corrected chi connectivity index (χ2v) is 8.30. The maximum absolute atomic E-state index is 3.32. The van der Waals surface area contributed by atoms with E-state index in [9.17, 15) is 0 Å². The van der Waals surface area contributed by atoms with Crippen molar-refractivity contribution in [3.63, 3.8) is 0 Å². The van der Waals surface area contributed by atoms with E-state index in [0.717, 1.165) is 11.4 Å². The molecule has 2 rings (SSSR count). The standard InChI is InChI=1S/C12H8Br4N2/c13-17(14)11-5-1-9(2-6-11)10-3-7-12(8-4-10)18(15)16/h1-8H. The first kappa shape index (κ1) is 14.4. The molecule has 0 atom stereocenters. The number of halogens is 4. The smallest absolute Gasteiger partial charge is 0.0617 e. The maximum Gasteiger partial charge on any atom is 0.0617 e. The Hall–Kier alpha value is -0.0400. The molecule has 18 heavy (non-hydrogen) atoms. The Labute approximate surface area is 140 Å². The molecule has 0 amide bonds. The van der Waals surface area contributed by atoms with Gasteiger partial charge in [-0.15, -0.1) is 0 Å².